The lowest BCUT2D eigenvalue weighted by Gasteiger charge is -2.27. The predicted octanol–water partition coefficient (Wildman–Crippen LogP) is 3.64. The third-order valence-corrected chi connectivity index (χ3v) is 5.22. The number of imide groups is 1. The SMILES string of the molecule is Cc1cccc(N2C(=O)[C@@H]3[C@H](ON(c4ccccc4)[C@H]3c3ccco3)C2=O)c1. The second-order valence-electron chi connectivity index (χ2n) is 7.02. The van der Waals surface area contributed by atoms with Crippen molar-refractivity contribution in [1.82, 2.24) is 0 Å². The minimum Gasteiger partial charge on any atom is -0.467 e. The van der Waals surface area contributed by atoms with E-state index < -0.39 is 18.1 Å². The van der Waals surface area contributed by atoms with E-state index in [4.69, 9.17) is 9.25 Å². The van der Waals surface area contributed by atoms with Gasteiger partial charge in [-0.15, -0.1) is 0 Å². The van der Waals surface area contributed by atoms with Crippen molar-refractivity contribution >= 4 is 23.2 Å². The number of para-hydroxylation sites is 1. The summed E-state index contributed by atoms with van der Waals surface area (Å²) in [4.78, 5) is 33.7. The van der Waals surface area contributed by atoms with Crippen molar-refractivity contribution in [3.63, 3.8) is 0 Å². The Morgan fingerprint density at radius 1 is 0.857 bits per heavy atom. The molecule has 0 radical (unpaired) electrons. The fraction of sp³-hybridized carbons (Fsp3) is 0.182. The molecule has 2 saturated heterocycles. The number of carbonyl (C=O) groups is 2. The van der Waals surface area contributed by atoms with Gasteiger partial charge in [-0.1, -0.05) is 30.3 Å². The van der Waals surface area contributed by atoms with Gasteiger partial charge in [-0.3, -0.25) is 14.4 Å². The molecule has 0 saturated carbocycles. The molecule has 2 aromatic carbocycles. The van der Waals surface area contributed by atoms with Crippen LogP contribution in [-0.2, 0) is 14.4 Å². The van der Waals surface area contributed by atoms with Crippen LogP contribution in [0.2, 0.25) is 0 Å². The minimum atomic E-state index is -0.886. The average molecular weight is 374 g/mol. The Hall–Kier alpha value is -3.38. The third-order valence-electron chi connectivity index (χ3n) is 5.22. The maximum atomic E-state index is 13.3. The molecular weight excluding hydrogens is 356 g/mol. The first-order chi connectivity index (χ1) is 13.6. The first-order valence-corrected chi connectivity index (χ1v) is 9.14. The Morgan fingerprint density at radius 2 is 1.64 bits per heavy atom. The maximum Gasteiger partial charge on any atom is 0.266 e. The Morgan fingerprint density at radius 3 is 2.36 bits per heavy atom. The predicted molar refractivity (Wildman–Crippen MR) is 102 cm³/mol. The highest BCUT2D eigenvalue weighted by Gasteiger charge is 2.61. The molecule has 0 bridgehead atoms. The zero-order chi connectivity index (χ0) is 19.3. The number of rotatable bonds is 3. The first kappa shape index (κ1) is 16.8. The molecule has 3 atom stereocenters. The molecule has 2 amide bonds. The van der Waals surface area contributed by atoms with Crippen LogP contribution in [0.4, 0.5) is 11.4 Å². The van der Waals surface area contributed by atoms with Crippen molar-refractivity contribution in [2.75, 3.05) is 9.96 Å². The minimum absolute atomic E-state index is 0.277. The van der Waals surface area contributed by atoms with Crippen molar-refractivity contribution in [2.45, 2.75) is 19.1 Å². The van der Waals surface area contributed by atoms with E-state index in [0.717, 1.165) is 11.3 Å². The third kappa shape index (κ3) is 2.46. The van der Waals surface area contributed by atoms with E-state index in [-0.39, 0.29) is 11.8 Å². The number of aryl methyl sites for hydroxylation is 1. The summed E-state index contributed by atoms with van der Waals surface area (Å²) in [5.41, 5.74) is 2.31. The van der Waals surface area contributed by atoms with Crippen LogP contribution < -0.4 is 9.96 Å². The molecule has 0 aliphatic carbocycles. The van der Waals surface area contributed by atoms with Crippen LogP contribution in [0.5, 0.6) is 0 Å². The van der Waals surface area contributed by atoms with E-state index in [9.17, 15) is 9.59 Å². The summed E-state index contributed by atoms with van der Waals surface area (Å²) in [6.45, 7) is 1.93. The lowest BCUT2D eigenvalue weighted by Crippen LogP contribution is -2.37. The zero-order valence-corrected chi connectivity index (χ0v) is 15.2. The Kier molecular flexibility index (Phi) is 3.80. The van der Waals surface area contributed by atoms with Gasteiger partial charge in [-0.25, -0.2) is 9.96 Å². The largest absolute Gasteiger partial charge is 0.467 e. The Labute approximate surface area is 161 Å². The summed E-state index contributed by atoms with van der Waals surface area (Å²) in [6.07, 6.45) is 0.675. The van der Waals surface area contributed by atoms with Gasteiger partial charge in [0, 0.05) is 0 Å². The Balaban J connectivity index is 1.57. The number of hydrogen-bond donors (Lipinski definition) is 0. The highest BCUT2D eigenvalue weighted by Crippen LogP contribution is 2.47. The fourth-order valence-corrected chi connectivity index (χ4v) is 3.98. The number of nitrogens with zero attached hydrogens (tertiary/aromatic N) is 2. The molecule has 140 valence electrons. The van der Waals surface area contributed by atoms with Gasteiger partial charge in [0.2, 0.25) is 5.91 Å². The van der Waals surface area contributed by atoms with Gasteiger partial charge >= 0.3 is 0 Å². The van der Waals surface area contributed by atoms with Gasteiger partial charge in [0.1, 0.15) is 17.7 Å². The number of carbonyl (C=O) groups excluding carboxylic acids is 2. The van der Waals surface area contributed by atoms with Crippen LogP contribution in [0.25, 0.3) is 0 Å². The summed E-state index contributed by atoms with van der Waals surface area (Å²) in [6, 6.07) is 19.8. The van der Waals surface area contributed by atoms with E-state index in [0.29, 0.717) is 11.4 Å². The lowest BCUT2D eigenvalue weighted by atomic mass is 9.94. The summed E-state index contributed by atoms with van der Waals surface area (Å²) >= 11 is 0. The van der Waals surface area contributed by atoms with Crippen molar-refractivity contribution in [1.29, 1.82) is 0 Å². The van der Waals surface area contributed by atoms with Gasteiger partial charge in [0.05, 0.1) is 17.6 Å². The highest BCUT2D eigenvalue weighted by atomic mass is 16.7. The number of amides is 2. The van der Waals surface area contributed by atoms with Crippen LogP contribution in [0.3, 0.4) is 0 Å². The molecule has 0 N–H and O–H groups in total. The van der Waals surface area contributed by atoms with Crippen LogP contribution in [0.15, 0.2) is 77.4 Å². The van der Waals surface area contributed by atoms with E-state index in [1.807, 2.05) is 55.5 Å². The molecule has 2 aliphatic rings. The van der Waals surface area contributed by atoms with Gasteiger partial charge in [-0.05, 0) is 48.9 Å². The van der Waals surface area contributed by atoms with Gasteiger partial charge in [-0.2, -0.15) is 0 Å². The summed E-state index contributed by atoms with van der Waals surface area (Å²) in [5, 5.41) is 1.62. The molecule has 5 rings (SSSR count). The normalized spacial score (nSPS) is 24.1. The van der Waals surface area contributed by atoms with Crippen LogP contribution in [0.1, 0.15) is 17.4 Å². The van der Waals surface area contributed by atoms with Gasteiger partial charge < -0.3 is 4.42 Å². The zero-order valence-electron chi connectivity index (χ0n) is 15.2. The van der Waals surface area contributed by atoms with Gasteiger partial charge in [0.15, 0.2) is 6.10 Å². The van der Waals surface area contributed by atoms with Gasteiger partial charge in [0.25, 0.3) is 5.91 Å². The van der Waals surface area contributed by atoms with Crippen molar-refractivity contribution in [3.8, 4) is 0 Å². The van der Waals surface area contributed by atoms with Crippen molar-refractivity contribution in [3.05, 3.63) is 84.3 Å². The second-order valence-corrected chi connectivity index (χ2v) is 7.02. The molecule has 28 heavy (non-hydrogen) atoms. The van der Waals surface area contributed by atoms with E-state index in [1.54, 1.807) is 29.5 Å². The molecule has 6 heteroatoms. The lowest BCUT2D eigenvalue weighted by molar-refractivity contribution is -0.126. The number of fused-ring (bicyclic) bond motifs is 1. The number of furan rings is 1. The molecule has 3 heterocycles. The molecule has 0 spiro atoms. The fourth-order valence-electron chi connectivity index (χ4n) is 3.98. The molecule has 2 fully saturated rings. The molecule has 1 aromatic heterocycles. The average Bonchev–Trinajstić information content (AvgIpc) is 3.40. The maximum absolute atomic E-state index is 13.3. The summed E-state index contributed by atoms with van der Waals surface area (Å²) < 4.78 is 5.62. The van der Waals surface area contributed by atoms with E-state index in [1.165, 1.54) is 4.90 Å². The second kappa shape index (κ2) is 6.35. The highest BCUT2D eigenvalue weighted by molar-refractivity contribution is 6.23. The molecule has 0 unspecified atom stereocenters. The van der Waals surface area contributed by atoms with E-state index >= 15 is 0 Å². The van der Waals surface area contributed by atoms with E-state index in [2.05, 4.69) is 0 Å². The van der Waals surface area contributed by atoms with Crippen molar-refractivity contribution < 1.29 is 18.8 Å². The molecule has 6 nitrogen and oxygen atoms in total. The monoisotopic (exact) mass is 374 g/mol. The van der Waals surface area contributed by atoms with Crippen LogP contribution in [0, 0.1) is 12.8 Å². The topological polar surface area (TPSA) is 63.0 Å². The van der Waals surface area contributed by atoms with Crippen LogP contribution in [-0.4, -0.2) is 17.9 Å². The standard InChI is InChI=1S/C22H18N2O4/c1-14-7-5-10-16(13-14)23-21(25)18-19(17-11-6-12-27-17)24(28-20(18)22(23)26)15-8-3-2-4-9-15/h2-13,18-20H,1H3/t18-,19-,20-/m0/s1. The molecule has 2 aliphatic heterocycles. The summed E-state index contributed by atoms with van der Waals surface area (Å²) in [7, 11) is 0. The molecule has 3 aromatic rings. The number of anilines is 2. The molecular formula is C22H18N2O4. The van der Waals surface area contributed by atoms with Crippen LogP contribution >= 0.6 is 0 Å². The first-order valence-electron chi connectivity index (χ1n) is 9.14. The Bertz CT molecular complexity index is 1030. The number of hydroxylamine groups is 1. The number of benzene rings is 2. The summed E-state index contributed by atoms with van der Waals surface area (Å²) in [5.74, 6) is -0.723. The number of hydrogen-bond acceptors (Lipinski definition) is 5. The smallest absolute Gasteiger partial charge is 0.266 e. The quantitative estimate of drug-likeness (QED) is 0.655. The van der Waals surface area contributed by atoms with Crippen molar-refractivity contribution in [2.24, 2.45) is 5.92 Å².